The molecular formula is C13H11BrFNO2. The van der Waals surface area contributed by atoms with Gasteiger partial charge in [-0.25, -0.2) is 4.39 Å². The molecule has 1 N–H and O–H groups in total. The van der Waals surface area contributed by atoms with Gasteiger partial charge in [0.05, 0.1) is 7.11 Å². The highest BCUT2D eigenvalue weighted by molar-refractivity contribution is 9.10. The minimum Gasteiger partial charge on any atom is -0.494 e. The van der Waals surface area contributed by atoms with E-state index >= 15 is 0 Å². The third kappa shape index (κ3) is 2.52. The number of hydrogen-bond acceptors (Lipinski definition) is 3. The van der Waals surface area contributed by atoms with Gasteiger partial charge in [-0.05, 0) is 28.1 Å². The van der Waals surface area contributed by atoms with Crippen LogP contribution in [0.15, 0.2) is 41.1 Å². The van der Waals surface area contributed by atoms with Crippen molar-refractivity contribution in [1.29, 1.82) is 0 Å². The van der Waals surface area contributed by atoms with Crippen molar-refractivity contribution < 1.29 is 14.2 Å². The van der Waals surface area contributed by atoms with Crippen LogP contribution in [0, 0.1) is 5.82 Å². The first-order valence-electron chi connectivity index (χ1n) is 5.24. The molecule has 2 rings (SSSR count). The minimum atomic E-state index is -1.08. The van der Waals surface area contributed by atoms with E-state index in [-0.39, 0.29) is 11.3 Å². The van der Waals surface area contributed by atoms with Crippen molar-refractivity contribution in [1.82, 2.24) is 4.98 Å². The third-order valence-corrected chi connectivity index (χ3v) is 2.98. The van der Waals surface area contributed by atoms with Crippen LogP contribution in [0.3, 0.4) is 0 Å². The number of nitrogens with zero attached hydrogens (tertiary/aromatic N) is 1. The molecule has 1 atom stereocenters. The molecule has 3 nitrogen and oxygen atoms in total. The van der Waals surface area contributed by atoms with Gasteiger partial charge in [0.15, 0.2) is 11.6 Å². The fourth-order valence-electron chi connectivity index (χ4n) is 1.65. The van der Waals surface area contributed by atoms with Gasteiger partial charge < -0.3 is 9.84 Å². The molecule has 0 bridgehead atoms. The normalized spacial score (nSPS) is 12.2. The van der Waals surface area contributed by atoms with Crippen LogP contribution in [0.4, 0.5) is 4.39 Å². The zero-order valence-corrected chi connectivity index (χ0v) is 11.2. The Kier molecular flexibility index (Phi) is 3.93. The Morgan fingerprint density at radius 2 is 2.17 bits per heavy atom. The maximum Gasteiger partial charge on any atom is 0.171 e. The molecule has 0 saturated heterocycles. The zero-order valence-electron chi connectivity index (χ0n) is 9.60. The highest BCUT2D eigenvalue weighted by atomic mass is 79.9. The predicted molar refractivity (Wildman–Crippen MR) is 69.0 cm³/mol. The summed E-state index contributed by atoms with van der Waals surface area (Å²) in [6.07, 6.45) is 2.01. The number of aromatic nitrogens is 1. The van der Waals surface area contributed by atoms with Gasteiger partial charge in [0.25, 0.3) is 0 Å². The molecule has 0 saturated carbocycles. The molecule has 0 radical (unpaired) electrons. The summed E-state index contributed by atoms with van der Waals surface area (Å²) in [5, 5.41) is 10.2. The predicted octanol–water partition coefficient (Wildman–Crippen LogP) is 3.07. The zero-order chi connectivity index (χ0) is 13.1. The average Bonchev–Trinajstić information content (AvgIpc) is 2.38. The number of benzene rings is 1. The lowest BCUT2D eigenvalue weighted by molar-refractivity contribution is 0.213. The van der Waals surface area contributed by atoms with Gasteiger partial charge in [-0.2, -0.15) is 0 Å². The van der Waals surface area contributed by atoms with Gasteiger partial charge in [-0.3, -0.25) is 4.98 Å². The number of halogens is 2. The molecule has 0 aliphatic rings. The van der Waals surface area contributed by atoms with Gasteiger partial charge in [0, 0.05) is 28.0 Å². The SMILES string of the molecule is COc1cccc(C(O)c2cncc(Br)c2)c1F. The molecule has 18 heavy (non-hydrogen) atoms. The van der Waals surface area contributed by atoms with E-state index in [0.29, 0.717) is 5.56 Å². The molecule has 1 aromatic heterocycles. The highest BCUT2D eigenvalue weighted by Crippen LogP contribution is 2.29. The second kappa shape index (κ2) is 5.46. The molecule has 1 aromatic carbocycles. The molecule has 0 fully saturated rings. The first-order valence-corrected chi connectivity index (χ1v) is 6.03. The molecule has 0 amide bonds. The molecule has 0 spiro atoms. The number of aliphatic hydroxyl groups is 1. The van der Waals surface area contributed by atoms with Crippen molar-refractivity contribution in [3.05, 3.63) is 58.1 Å². The van der Waals surface area contributed by atoms with Crippen molar-refractivity contribution >= 4 is 15.9 Å². The van der Waals surface area contributed by atoms with Gasteiger partial charge in [-0.1, -0.05) is 12.1 Å². The molecule has 1 heterocycles. The summed E-state index contributed by atoms with van der Waals surface area (Å²) in [6, 6.07) is 6.34. The average molecular weight is 312 g/mol. The van der Waals surface area contributed by atoms with Crippen LogP contribution in [0.1, 0.15) is 17.2 Å². The highest BCUT2D eigenvalue weighted by Gasteiger charge is 2.18. The molecule has 2 aromatic rings. The van der Waals surface area contributed by atoms with Crippen molar-refractivity contribution in [3.8, 4) is 5.75 Å². The number of hydrogen-bond donors (Lipinski definition) is 1. The van der Waals surface area contributed by atoms with Crippen LogP contribution < -0.4 is 4.74 Å². The lowest BCUT2D eigenvalue weighted by Crippen LogP contribution is -2.04. The summed E-state index contributed by atoms with van der Waals surface area (Å²) < 4.78 is 19.6. The number of methoxy groups -OCH3 is 1. The maximum atomic E-state index is 14.0. The summed E-state index contributed by atoms with van der Waals surface area (Å²) in [5.74, 6) is -0.456. The lowest BCUT2D eigenvalue weighted by Gasteiger charge is -2.13. The number of rotatable bonds is 3. The lowest BCUT2D eigenvalue weighted by atomic mass is 10.0. The Morgan fingerprint density at radius 3 is 2.83 bits per heavy atom. The van der Waals surface area contributed by atoms with E-state index in [9.17, 15) is 9.50 Å². The van der Waals surface area contributed by atoms with Crippen LogP contribution in [-0.4, -0.2) is 17.2 Å². The van der Waals surface area contributed by atoms with Gasteiger partial charge in [-0.15, -0.1) is 0 Å². The summed E-state index contributed by atoms with van der Waals surface area (Å²) in [7, 11) is 1.38. The largest absolute Gasteiger partial charge is 0.494 e. The fourth-order valence-corrected chi connectivity index (χ4v) is 2.04. The maximum absolute atomic E-state index is 14.0. The van der Waals surface area contributed by atoms with Crippen molar-refractivity contribution in [3.63, 3.8) is 0 Å². The standard InChI is InChI=1S/C13H11BrFNO2/c1-18-11-4-2-3-10(12(11)15)13(17)8-5-9(14)7-16-6-8/h2-7,13,17H,1H3. The van der Waals surface area contributed by atoms with E-state index in [2.05, 4.69) is 20.9 Å². The number of aliphatic hydroxyl groups excluding tert-OH is 1. The van der Waals surface area contributed by atoms with Gasteiger partial charge >= 0.3 is 0 Å². The number of pyridine rings is 1. The number of ether oxygens (including phenoxy) is 1. The first-order chi connectivity index (χ1) is 8.63. The summed E-state index contributed by atoms with van der Waals surface area (Å²) in [4.78, 5) is 3.94. The van der Waals surface area contributed by atoms with E-state index < -0.39 is 11.9 Å². The summed E-state index contributed by atoms with van der Waals surface area (Å²) >= 11 is 3.26. The Balaban J connectivity index is 2.43. The molecule has 5 heteroatoms. The van der Waals surface area contributed by atoms with E-state index in [0.717, 1.165) is 4.47 Å². The van der Waals surface area contributed by atoms with Crippen molar-refractivity contribution in [2.75, 3.05) is 7.11 Å². The van der Waals surface area contributed by atoms with Crippen molar-refractivity contribution in [2.24, 2.45) is 0 Å². The molecule has 94 valence electrons. The first kappa shape index (κ1) is 13.0. The minimum absolute atomic E-state index is 0.106. The molecular weight excluding hydrogens is 301 g/mol. The van der Waals surface area contributed by atoms with Gasteiger partial charge in [0.1, 0.15) is 6.10 Å². The monoisotopic (exact) mass is 311 g/mol. The van der Waals surface area contributed by atoms with Crippen LogP contribution in [0.2, 0.25) is 0 Å². The van der Waals surface area contributed by atoms with Crippen LogP contribution >= 0.6 is 15.9 Å². The van der Waals surface area contributed by atoms with E-state index in [1.807, 2.05) is 0 Å². The smallest absolute Gasteiger partial charge is 0.171 e. The fraction of sp³-hybridized carbons (Fsp3) is 0.154. The second-order valence-electron chi connectivity index (χ2n) is 3.70. The third-order valence-electron chi connectivity index (χ3n) is 2.55. The van der Waals surface area contributed by atoms with E-state index in [1.54, 1.807) is 18.3 Å². The van der Waals surface area contributed by atoms with Crippen molar-refractivity contribution in [2.45, 2.75) is 6.10 Å². The van der Waals surface area contributed by atoms with E-state index in [1.165, 1.54) is 25.4 Å². The Morgan fingerprint density at radius 1 is 1.39 bits per heavy atom. The quantitative estimate of drug-likeness (QED) is 0.947. The van der Waals surface area contributed by atoms with Crippen LogP contribution in [0.25, 0.3) is 0 Å². The molecule has 0 aliphatic heterocycles. The van der Waals surface area contributed by atoms with Gasteiger partial charge in [0.2, 0.25) is 0 Å². The van der Waals surface area contributed by atoms with E-state index in [4.69, 9.17) is 4.74 Å². The topological polar surface area (TPSA) is 42.4 Å². The second-order valence-corrected chi connectivity index (χ2v) is 4.62. The summed E-state index contributed by atoms with van der Waals surface area (Å²) in [6.45, 7) is 0. The van der Waals surface area contributed by atoms with Crippen LogP contribution in [-0.2, 0) is 0 Å². The summed E-state index contributed by atoms with van der Waals surface area (Å²) in [5.41, 5.74) is 0.672. The van der Waals surface area contributed by atoms with Crippen LogP contribution in [0.5, 0.6) is 5.75 Å². The molecule has 0 aliphatic carbocycles. The Bertz CT molecular complexity index is 562. The Hall–Kier alpha value is -1.46. The Labute approximate surface area is 112 Å². The molecule has 1 unspecified atom stereocenters.